The van der Waals surface area contributed by atoms with Crippen molar-refractivity contribution in [2.45, 2.75) is 19.6 Å². The number of aromatic nitrogens is 4. The lowest BCUT2D eigenvalue weighted by Gasteiger charge is -2.09. The van der Waals surface area contributed by atoms with Crippen LogP contribution in [0.1, 0.15) is 11.1 Å². The van der Waals surface area contributed by atoms with Gasteiger partial charge in [0.15, 0.2) is 6.61 Å². The maximum atomic E-state index is 14.0. The fraction of sp³-hybridized carbons (Fsp3) is 0.222. The van der Waals surface area contributed by atoms with Gasteiger partial charge in [0.25, 0.3) is 5.56 Å². The van der Waals surface area contributed by atoms with Crippen molar-refractivity contribution in [3.05, 3.63) is 70.0 Å². The zero-order chi connectivity index (χ0) is 20.3. The lowest BCUT2D eigenvalue weighted by Crippen LogP contribution is -2.23. The van der Waals surface area contributed by atoms with Gasteiger partial charge in [0.2, 0.25) is 0 Å². The van der Waals surface area contributed by atoms with Crippen LogP contribution >= 0.6 is 0 Å². The van der Waals surface area contributed by atoms with E-state index in [1.165, 1.54) is 30.6 Å². The van der Waals surface area contributed by atoms with E-state index in [-0.39, 0.29) is 6.54 Å². The van der Waals surface area contributed by atoms with Crippen LogP contribution in [-0.2, 0) is 6.54 Å². The number of nitrogens with zero attached hydrogens (tertiary/aromatic N) is 4. The molecular weight excluding hydrogens is 380 g/mol. The second kappa shape index (κ2) is 7.75. The minimum absolute atomic E-state index is 0.0756. The third kappa shape index (κ3) is 4.90. The highest BCUT2D eigenvalue weighted by Crippen LogP contribution is 2.18. The molecule has 0 N–H and O–H groups in total. The molecule has 0 spiro atoms. The van der Waals surface area contributed by atoms with Crippen molar-refractivity contribution in [3.63, 3.8) is 0 Å². The number of hydrogen-bond donors (Lipinski definition) is 0. The quantitative estimate of drug-likeness (QED) is 0.622. The summed E-state index contributed by atoms with van der Waals surface area (Å²) in [4.78, 5) is 19.5. The number of halogens is 4. The van der Waals surface area contributed by atoms with Crippen LogP contribution < -0.4 is 10.3 Å². The van der Waals surface area contributed by atoms with E-state index < -0.39 is 30.2 Å². The van der Waals surface area contributed by atoms with Crippen molar-refractivity contribution in [1.82, 2.24) is 19.7 Å². The highest BCUT2D eigenvalue weighted by atomic mass is 19.4. The third-order valence-electron chi connectivity index (χ3n) is 3.68. The normalized spacial score (nSPS) is 11.5. The summed E-state index contributed by atoms with van der Waals surface area (Å²) in [6.07, 6.45) is -2.05. The molecule has 0 saturated heterocycles. The largest absolute Gasteiger partial charge is 0.454 e. The van der Waals surface area contributed by atoms with Crippen molar-refractivity contribution in [2.24, 2.45) is 0 Å². The molecular formula is C18H14F4N4O2. The Balaban J connectivity index is 1.83. The Bertz CT molecular complexity index is 1030. The number of ether oxygens (including phenoxy) is 1. The smallest absolute Gasteiger partial charge is 0.422 e. The lowest BCUT2D eigenvalue weighted by atomic mass is 10.1. The first-order valence-corrected chi connectivity index (χ1v) is 8.06. The van der Waals surface area contributed by atoms with Gasteiger partial charge in [-0.25, -0.2) is 19.0 Å². The molecule has 3 rings (SSSR count). The lowest BCUT2D eigenvalue weighted by molar-refractivity contribution is -0.154. The summed E-state index contributed by atoms with van der Waals surface area (Å²) in [7, 11) is 0. The second-order valence-electron chi connectivity index (χ2n) is 5.97. The molecule has 0 aliphatic rings. The molecule has 0 saturated carbocycles. The van der Waals surface area contributed by atoms with E-state index >= 15 is 0 Å². The molecule has 6 nitrogen and oxygen atoms in total. The fourth-order valence-corrected chi connectivity index (χ4v) is 2.37. The summed E-state index contributed by atoms with van der Waals surface area (Å²) in [5.41, 5.74) is 1.37. The zero-order valence-corrected chi connectivity index (χ0v) is 14.6. The van der Waals surface area contributed by atoms with Gasteiger partial charge in [-0.1, -0.05) is 17.7 Å². The van der Waals surface area contributed by atoms with Crippen LogP contribution in [0.3, 0.4) is 0 Å². The Kier molecular flexibility index (Phi) is 5.39. The Hall–Kier alpha value is -3.30. The average Bonchev–Trinajstić information content (AvgIpc) is 2.65. The minimum Gasteiger partial charge on any atom is -0.454 e. The summed E-state index contributed by atoms with van der Waals surface area (Å²) >= 11 is 0. The van der Waals surface area contributed by atoms with Gasteiger partial charge < -0.3 is 4.74 Å². The Morgan fingerprint density at radius 2 is 1.82 bits per heavy atom. The number of alkyl halides is 3. The number of hydrogen-bond acceptors (Lipinski definition) is 5. The summed E-state index contributed by atoms with van der Waals surface area (Å²) in [5.74, 6) is -0.459. The van der Waals surface area contributed by atoms with Crippen LogP contribution in [0.15, 0.2) is 47.5 Å². The minimum atomic E-state index is -4.50. The number of rotatable bonds is 5. The molecule has 0 bridgehead atoms. The van der Waals surface area contributed by atoms with E-state index in [0.29, 0.717) is 16.8 Å². The summed E-state index contributed by atoms with van der Waals surface area (Å²) in [5, 5.41) is 4.16. The molecule has 1 aromatic carbocycles. The van der Waals surface area contributed by atoms with Gasteiger partial charge in [0.1, 0.15) is 5.82 Å². The van der Waals surface area contributed by atoms with Crippen LogP contribution in [0.25, 0.3) is 11.3 Å². The monoisotopic (exact) mass is 394 g/mol. The van der Waals surface area contributed by atoms with Crippen LogP contribution in [0, 0.1) is 12.7 Å². The molecule has 146 valence electrons. The van der Waals surface area contributed by atoms with E-state index in [0.717, 1.165) is 10.2 Å². The molecule has 0 amide bonds. The molecule has 2 aromatic heterocycles. The maximum absolute atomic E-state index is 14.0. The first-order chi connectivity index (χ1) is 13.2. The number of benzene rings is 1. The molecule has 2 heterocycles. The molecule has 10 heteroatoms. The standard InChI is InChI=1S/C18H14F4N4O2/c1-11-2-3-14(19)12(6-11)9-26-16(27)5-4-15(25-26)13-7-23-17(24-8-13)28-10-18(20,21)22/h2-8H,9-10H2,1H3. The summed E-state index contributed by atoms with van der Waals surface area (Å²) in [6, 6.07) is 6.78. The Morgan fingerprint density at radius 1 is 1.11 bits per heavy atom. The van der Waals surface area contributed by atoms with Crippen molar-refractivity contribution >= 4 is 0 Å². The fourth-order valence-electron chi connectivity index (χ4n) is 2.37. The van der Waals surface area contributed by atoms with E-state index in [1.807, 2.05) is 0 Å². The van der Waals surface area contributed by atoms with Gasteiger partial charge in [0.05, 0.1) is 12.2 Å². The Morgan fingerprint density at radius 3 is 2.50 bits per heavy atom. The van der Waals surface area contributed by atoms with Gasteiger partial charge >= 0.3 is 12.2 Å². The van der Waals surface area contributed by atoms with Gasteiger partial charge in [-0.15, -0.1) is 0 Å². The maximum Gasteiger partial charge on any atom is 0.422 e. The van der Waals surface area contributed by atoms with Crippen molar-refractivity contribution in [2.75, 3.05) is 6.61 Å². The first-order valence-electron chi connectivity index (χ1n) is 8.06. The second-order valence-corrected chi connectivity index (χ2v) is 5.97. The average molecular weight is 394 g/mol. The van der Waals surface area contributed by atoms with E-state index in [4.69, 9.17) is 0 Å². The Labute approximate surface area is 156 Å². The van der Waals surface area contributed by atoms with Crippen LogP contribution in [0.4, 0.5) is 17.6 Å². The van der Waals surface area contributed by atoms with Crippen molar-refractivity contribution in [1.29, 1.82) is 0 Å². The molecule has 0 fully saturated rings. The first kappa shape index (κ1) is 19.5. The summed E-state index contributed by atoms with van der Waals surface area (Å²) < 4.78 is 55.9. The van der Waals surface area contributed by atoms with E-state index in [2.05, 4.69) is 19.8 Å². The van der Waals surface area contributed by atoms with Gasteiger partial charge in [0, 0.05) is 29.6 Å². The molecule has 0 unspecified atom stereocenters. The van der Waals surface area contributed by atoms with Crippen LogP contribution in [0.5, 0.6) is 6.01 Å². The van der Waals surface area contributed by atoms with Crippen LogP contribution in [-0.4, -0.2) is 32.5 Å². The van der Waals surface area contributed by atoms with E-state index in [9.17, 15) is 22.4 Å². The van der Waals surface area contributed by atoms with Crippen molar-refractivity contribution < 1.29 is 22.3 Å². The molecule has 3 aromatic rings. The highest BCUT2D eigenvalue weighted by Gasteiger charge is 2.28. The van der Waals surface area contributed by atoms with Crippen LogP contribution in [0.2, 0.25) is 0 Å². The highest BCUT2D eigenvalue weighted by molar-refractivity contribution is 5.55. The molecule has 0 aliphatic heterocycles. The van der Waals surface area contributed by atoms with Gasteiger partial charge in [-0.3, -0.25) is 4.79 Å². The molecule has 28 heavy (non-hydrogen) atoms. The topological polar surface area (TPSA) is 69.9 Å². The summed E-state index contributed by atoms with van der Waals surface area (Å²) in [6.45, 7) is 0.223. The van der Waals surface area contributed by atoms with Gasteiger partial charge in [-0.2, -0.15) is 18.3 Å². The van der Waals surface area contributed by atoms with Gasteiger partial charge in [-0.05, 0) is 19.1 Å². The predicted octanol–water partition coefficient (Wildman–Crippen LogP) is 3.14. The SMILES string of the molecule is Cc1ccc(F)c(Cn2nc(-c3cnc(OCC(F)(F)F)nc3)ccc2=O)c1. The molecule has 0 aliphatic carbocycles. The predicted molar refractivity (Wildman–Crippen MR) is 91.3 cm³/mol. The third-order valence-corrected chi connectivity index (χ3v) is 3.68. The number of aryl methyl sites for hydroxylation is 1. The zero-order valence-electron chi connectivity index (χ0n) is 14.6. The molecule has 0 radical (unpaired) electrons. The van der Waals surface area contributed by atoms with E-state index in [1.54, 1.807) is 19.1 Å². The molecule has 0 atom stereocenters. The van der Waals surface area contributed by atoms with Crippen molar-refractivity contribution in [3.8, 4) is 17.3 Å².